The number of hydrogen-bond donors (Lipinski definition) is 4. The average Bonchev–Trinajstić information content (AvgIpc) is 3.31. The normalized spacial score (nSPS) is 31.7. The van der Waals surface area contributed by atoms with Crippen molar-refractivity contribution in [1.29, 1.82) is 0 Å². The number of carboxylic acid groups (broad SMARTS) is 1. The monoisotopic (exact) mass is 537 g/mol. The van der Waals surface area contributed by atoms with E-state index in [2.05, 4.69) is 15.5 Å². The molecule has 6 heterocycles. The number of nitrogens with zero attached hydrogens (tertiary/aromatic N) is 4. The Morgan fingerprint density at radius 1 is 1.36 bits per heavy atom. The van der Waals surface area contributed by atoms with Crippen molar-refractivity contribution in [1.82, 2.24) is 15.2 Å². The van der Waals surface area contributed by atoms with Crippen LogP contribution in [0.3, 0.4) is 0 Å². The number of hydrogen-bond acceptors (Lipinski definition) is 10. The second kappa shape index (κ2) is 9.32. The van der Waals surface area contributed by atoms with Crippen LogP contribution in [0, 0.1) is 5.41 Å². The van der Waals surface area contributed by atoms with E-state index < -0.39 is 29.2 Å². The standard InChI is InChI=1S/C22H28N6O6S2/c1-34-26-14(13-10-36-21(23)24-13)17(30)25-15-18(31)27-16(20(32)33)12(9-35-19(15)27)8-28-5-2-22(11-29,3-6-28)4-7-28/h10,15,19,29H,2-9,11H2,1H3,(H3-,23,24,25,30,32,33)/p+1/b26-14-/t15-,19+,22?,28?/m1/s1. The van der Waals surface area contributed by atoms with Crippen LogP contribution in [0.15, 0.2) is 21.8 Å². The zero-order chi connectivity index (χ0) is 25.7. The van der Waals surface area contributed by atoms with E-state index in [9.17, 15) is 24.6 Å². The molecule has 2 atom stereocenters. The summed E-state index contributed by atoms with van der Waals surface area (Å²) in [5.74, 6) is -1.79. The molecule has 0 aliphatic carbocycles. The number of aliphatic hydroxyl groups is 1. The van der Waals surface area contributed by atoms with Gasteiger partial charge in [0.15, 0.2) is 10.8 Å². The van der Waals surface area contributed by atoms with Crippen LogP contribution in [0.5, 0.6) is 0 Å². The Balaban J connectivity index is 1.32. The number of carbonyl (C=O) groups is 3. The van der Waals surface area contributed by atoms with Crippen molar-refractivity contribution in [3.8, 4) is 0 Å². The maximum Gasteiger partial charge on any atom is 0.352 e. The largest absolute Gasteiger partial charge is 0.477 e. The summed E-state index contributed by atoms with van der Waals surface area (Å²) in [6.45, 7) is 3.50. The minimum absolute atomic E-state index is 0.0184. The quantitative estimate of drug-likeness (QED) is 0.152. The zero-order valence-corrected chi connectivity index (χ0v) is 21.4. The van der Waals surface area contributed by atoms with Gasteiger partial charge in [0.05, 0.1) is 19.6 Å². The van der Waals surface area contributed by atoms with Gasteiger partial charge in [-0.05, 0) is 0 Å². The van der Waals surface area contributed by atoms with Gasteiger partial charge in [0.25, 0.3) is 11.8 Å². The van der Waals surface area contributed by atoms with Crippen molar-refractivity contribution < 1.29 is 33.9 Å². The Morgan fingerprint density at radius 2 is 2.06 bits per heavy atom. The molecule has 5 N–H and O–H groups in total. The third-order valence-electron chi connectivity index (χ3n) is 7.91. The van der Waals surface area contributed by atoms with Crippen molar-refractivity contribution >= 4 is 51.7 Å². The number of oxime groups is 1. The fourth-order valence-electron chi connectivity index (χ4n) is 5.72. The van der Waals surface area contributed by atoms with Gasteiger partial charge in [0.2, 0.25) is 0 Å². The third-order valence-corrected chi connectivity index (χ3v) is 9.92. The number of amides is 2. The molecular formula is C22H29N6O6S2+. The van der Waals surface area contributed by atoms with E-state index in [0.29, 0.717) is 12.3 Å². The SMILES string of the molecule is CO/N=C(\C(=O)N[C@@H]1C(=O)N2C(C(=O)O)=C(C[N+]34CCC(CO)(CC3)CC4)CS[C@@H]12)c1csc(N)n1. The lowest BCUT2D eigenvalue weighted by Crippen LogP contribution is -2.71. The van der Waals surface area contributed by atoms with E-state index in [1.165, 1.54) is 23.8 Å². The van der Waals surface area contributed by atoms with Crippen molar-refractivity contribution in [2.45, 2.75) is 30.7 Å². The lowest BCUT2D eigenvalue weighted by molar-refractivity contribution is -0.941. The van der Waals surface area contributed by atoms with Crippen LogP contribution in [-0.4, -0.2) is 105 Å². The summed E-state index contributed by atoms with van der Waals surface area (Å²) in [6.07, 6.45) is 2.80. The highest BCUT2D eigenvalue weighted by atomic mass is 32.2. The number of fused-ring (bicyclic) bond motifs is 4. The van der Waals surface area contributed by atoms with E-state index in [1.54, 1.807) is 5.38 Å². The number of nitrogen functional groups attached to an aromatic ring is 1. The number of carbonyl (C=O) groups excluding carboxylic acids is 2. The Hall–Kier alpha value is -2.68. The van der Waals surface area contributed by atoms with Crippen molar-refractivity contribution in [2.75, 3.05) is 51.4 Å². The molecule has 5 aliphatic rings. The Morgan fingerprint density at radius 3 is 2.61 bits per heavy atom. The summed E-state index contributed by atoms with van der Waals surface area (Å²) < 4.78 is 0.800. The van der Waals surface area contributed by atoms with E-state index in [-0.39, 0.29) is 34.3 Å². The first-order chi connectivity index (χ1) is 17.2. The molecule has 12 nitrogen and oxygen atoms in total. The first kappa shape index (κ1) is 25.0. The lowest BCUT2D eigenvalue weighted by atomic mass is 9.71. The summed E-state index contributed by atoms with van der Waals surface area (Å²) in [6, 6.07) is -0.890. The average molecular weight is 538 g/mol. The molecule has 1 aromatic heterocycles. The highest BCUT2D eigenvalue weighted by molar-refractivity contribution is 8.00. The molecule has 0 unspecified atom stereocenters. The highest BCUT2D eigenvalue weighted by Crippen LogP contribution is 2.46. The molecule has 0 radical (unpaired) electrons. The van der Waals surface area contributed by atoms with E-state index >= 15 is 0 Å². The molecule has 4 fully saturated rings. The minimum atomic E-state index is -1.13. The fourth-order valence-corrected chi connectivity index (χ4v) is 7.60. The summed E-state index contributed by atoms with van der Waals surface area (Å²) in [5.41, 5.74) is 6.58. The number of piperidine rings is 3. The number of β-lactam (4-membered cyclic amide) rings is 1. The smallest absolute Gasteiger partial charge is 0.352 e. The zero-order valence-electron chi connectivity index (χ0n) is 19.8. The van der Waals surface area contributed by atoms with Crippen LogP contribution in [-0.2, 0) is 19.2 Å². The number of carboxylic acids is 1. The lowest BCUT2D eigenvalue weighted by Gasteiger charge is -2.55. The van der Waals surface area contributed by atoms with Crippen LogP contribution in [0.25, 0.3) is 0 Å². The fraction of sp³-hybridized carbons (Fsp3) is 0.591. The second-order valence-corrected chi connectivity index (χ2v) is 11.9. The number of thioether (sulfide) groups is 1. The molecule has 5 aliphatic heterocycles. The summed E-state index contributed by atoms with van der Waals surface area (Å²) >= 11 is 2.59. The van der Waals surface area contributed by atoms with E-state index in [1.807, 2.05) is 0 Å². The summed E-state index contributed by atoms with van der Waals surface area (Å²) in [4.78, 5) is 48.5. The Bertz CT molecular complexity index is 1140. The van der Waals surface area contributed by atoms with Crippen LogP contribution in [0.2, 0.25) is 0 Å². The van der Waals surface area contributed by atoms with Gasteiger partial charge in [-0.15, -0.1) is 23.1 Å². The van der Waals surface area contributed by atoms with Crippen LogP contribution < -0.4 is 11.1 Å². The predicted molar refractivity (Wildman–Crippen MR) is 133 cm³/mol. The van der Waals surface area contributed by atoms with E-state index in [0.717, 1.165) is 60.3 Å². The van der Waals surface area contributed by atoms with Gasteiger partial charge < -0.3 is 30.6 Å². The van der Waals surface area contributed by atoms with Gasteiger partial charge in [-0.2, -0.15) is 0 Å². The number of quaternary nitrogens is 1. The number of nitrogens with two attached hydrogens (primary N) is 1. The summed E-state index contributed by atoms with van der Waals surface area (Å²) in [7, 11) is 1.29. The Kier molecular flexibility index (Phi) is 6.47. The van der Waals surface area contributed by atoms with Gasteiger partial charge in [-0.25, -0.2) is 9.78 Å². The van der Waals surface area contributed by atoms with Gasteiger partial charge in [-0.3, -0.25) is 14.5 Å². The number of aliphatic carboxylic acids is 1. The molecule has 0 saturated carbocycles. The van der Waals surface area contributed by atoms with Crippen LogP contribution >= 0.6 is 23.1 Å². The molecule has 4 saturated heterocycles. The molecule has 6 rings (SSSR count). The molecule has 194 valence electrons. The second-order valence-electron chi connectivity index (χ2n) is 9.89. The molecule has 1 aromatic rings. The summed E-state index contributed by atoms with van der Waals surface area (Å²) in [5, 5.41) is 27.6. The molecular weight excluding hydrogens is 508 g/mol. The number of rotatable bonds is 8. The molecule has 36 heavy (non-hydrogen) atoms. The molecule has 0 aromatic carbocycles. The number of aromatic nitrogens is 1. The van der Waals surface area contributed by atoms with Crippen molar-refractivity contribution in [3.63, 3.8) is 0 Å². The van der Waals surface area contributed by atoms with Gasteiger partial charge in [0, 0.05) is 48.0 Å². The maximum absolute atomic E-state index is 13.1. The maximum atomic E-state index is 13.1. The van der Waals surface area contributed by atoms with Crippen molar-refractivity contribution in [3.05, 3.63) is 22.3 Å². The predicted octanol–water partition coefficient (Wildman–Crippen LogP) is -0.193. The minimum Gasteiger partial charge on any atom is -0.477 e. The number of aliphatic hydroxyl groups excluding tert-OH is 1. The van der Waals surface area contributed by atoms with Crippen LogP contribution in [0.4, 0.5) is 5.13 Å². The molecule has 14 heteroatoms. The molecule has 2 bridgehead atoms. The number of nitrogens with one attached hydrogen (secondary N) is 1. The third kappa shape index (κ3) is 4.15. The first-order valence-corrected chi connectivity index (χ1v) is 13.6. The van der Waals surface area contributed by atoms with Gasteiger partial charge >= 0.3 is 5.97 Å². The van der Waals surface area contributed by atoms with Gasteiger partial charge in [0.1, 0.15) is 36.5 Å². The topological polar surface area (TPSA) is 167 Å². The van der Waals surface area contributed by atoms with Gasteiger partial charge in [-0.1, -0.05) is 5.16 Å². The molecule has 2 amide bonds. The Labute approximate surface area is 215 Å². The number of thiazole rings is 1. The van der Waals surface area contributed by atoms with Crippen LogP contribution in [0.1, 0.15) is 25.0 Å². The number of anilines is 1. The van der Waals surface area contributed by atoms with Crippen molar-refractivity contribution in [2.24, 2.45) is 10.6 Å². The highest BCUT2D eigenvalue weighted by Gasteiger charge is 2.56. The van der Waals surface area contributed by atoms with E-state index in [4.69, 9.17) is 10.6 Å². The molecule has 0 spiro atoms. The first-order valence-electron chi connectivity index (χ1n) is 11.7.